The van der Waals surface area contributed by atoms with Crippen LogP contribution in [0.1, 0.15) is 16.8 Å². The van der Waals surface area contributed by atoms with Gasteiger partial charge in [0.05, 0.1) is 0 Å². The van der Waals surface area contributed by atoms with E-state index in [4.69, 9.17) is 4.74 Å². The van der Waals surface area contributed by atoms with Crippen molar-refractivity contribution in [3.63, 3.8) is 0 Å². The van der Waals surface area contributed by atoms with Crippen LogP contribution in [0.4, 0.5) is 5.69 Å². The number of phenolic OH excluding ortho intramolecular Hbond substituents is 2. The van der Waals surface area contributed by atoms with Crippen molar-refractivity contribution < 1.29 is 24.5 Å². The Hall–Kier alpha value is -4.00. The summed E-state index contributed by atoms with van der Waals surface area (Å²) in [7, 11) is 0. The summed E-state index contributed by atoms with van der Waals surface area (Å²) in [6, 6.07) is 19.1. The van der Waals surface area contributed by atoms with E-state index in [2.05, 4.69) is 10.6 Å². The van der Waals surface area contributed by atoms with Gasteiger partial charge in [-0.1, -0.05) is 6.07 Å². The van der Waals surface area contributed by atoms with E-state index in [0.29, 0.717) is 22.7 Å². The first-order valence-corrected chi connectivity index (χ1v) is 8.93. The van der Waals surface area contributed by atoms with Gasteiger partial charge in [-0.2, -0.15) is 0 Å². The Bertz CT molecular complexity index is 985. The maximum Gasteiger partial charge on any atom is 0.251 e. The number of ether oxygens (including phenoxy) is 1. The van der Waals surface area contributed by atoms with Gasteiger partial charge in [-0.05, 0) is 60.7 Å². The maximum atomic E-state index is 12.1. The van der Waals surface area contributed by atoms with E-state index in [1.54, 1.807) is 36.4 Å². The molecule has 0 bridgehead atoms. The van der Waals surface area contributed by atoms with E-state index in [-0.39, 0.29) is 36.3 Å². The molecule has 7 nitrogen and oxygen atoms in total. The third kappa shape index (κ3) is 6.00. The second kappa shape index (κ2) is 9.27. The zero-order valence-electron chi connectivity index (χ0n) is 15.5. The lowest BCUT2D eigenvalue weighted by Gasteiger charge is -2.10. The monoisotopic (exact) mass is 392 g/mol. The van der Waals surface area contributed by atoms with Gasteiger partial charge < -0.3 is 25.6 Å². The van der Waals surface area contributed by atoms with Crippen molar-refractivity contribution in [3.05, 3.63) is 78.4 Å². The molecular weight excluding hydrogens is 372 g/mol. The van der Waals surface area contributed by atoms with Crippen LogP contribution in [0.15, 0.2) is 72.8 Å². The van der Waals surface area contributed by atoms with Crippen LogP contribution in [-0.2, 0) is 4.79 Å². The summed E-state index contributed by atoms with van der Waals surface area (Å²) in [5.74, 6) is 0.755. The molecule has 29 heavy (non-hydrogen) atoms. The molecule has 0 fully saturated rings. The SMILES string of the molecule is O=C(CCNC(=O)c1ccc(O)cc1)Nc1cccc(Oc2ccc(O)cc2)c1. The summed E-state index contributed by atoms with van der Waals surface area (Å²) >= 11 is 0. The van der Waals surface area contributed by atoms with E-state index < -0.39 is 0 Å². The molecule has 0 heterocycles. The van der Waals surface area contributed by atoms with Crippen molar-refractivity contribution in [3.8, 4) is 23.0 Å². The molecule has 2 amide bonds. The summed E-state index contributed by atoms with van der Waals surface area (Å²) in [6.07, 6.45) is 0.104. The molecule has 4 N–H and O–H groups in total. The summed E-state index contributed by atoms with van der Waals surface area (Å²) in [5.41, 5.74) is 0.971. The zero-order valence-corrected chi connectivity index (χ0v) is 15.5. The number of hydrogen-bond donors (Lipinski definition) is 4. The molecular formula is C22H20N2O5. The fraction of sp³-hybridized carbons (Fsp3) is 0.0909. The fourth-order valence-corrected chi connectivity index (χ4v) is 2.52. The number of nitrogens with one attached hydrogen (secondary N) is 2. The smallest absolute Gasteiger partial charge is 0.251 e. The van der Waals surface area contributed by atoms with Crippen LogP contribution >= 0.6 is 0 Å². The molecule has 148 valence electrons. The second-order valence-electron chi connectivity index (χ2n) is 6.22. The number of phenols is 2. The Labute approximate surface area is 167 Å². The number of amides is 2. The van der Waals surface area contributed by atoms with Gasteiger partial charge in [0.15, 0.2) is 0 Å². The Morgan fingerprint density at radius 3 is 2.17 bits per heavy atom. The van der Waals surface area contributed by atoms with Gasteiger partial charge in [0.25, 0.3) is 5.91 Å². The van der Waals surface area contributed by atoms with Gasteiger partial charge in [-0.25, -0.2) is 0 Å². The minimum absolute atomic E-state index is 0.0811. The molecule has 0 saturated carbocycles. The molecule has 0 atom stereocenters. The lowest BCUT2D eigenvalue weighted by atomic mass is 10.2. The largest absolute Gasteiger partial charge is 0.508 e. The fourth-order valence-electron chi connectivity index (χ4n) is 2.52. The molecule has 3 aromatic rings. The molecule has 0 aliphatic carbocycles. The van der Waals surface area contributed by atoms with E-state index >= 15 is 0 Å². The molecule has 3 rings (SSSR count). The van der Waals surface area contributed by atoms with Crippen LogP contribution in [0, 0.1) is 0 Å². The molecule has 0 aliphatic heterocycles. The Balaban J connectivity index is 1.48. The Kier molecular flexibility index (Phi) is 6.32. The third-order valence-corrected chi connectivity index (χ3v) is 3.96. The topological polar surface area (TPSA) is 108 Å². The molecule has 0 spiro atoms. The van der Waals surface area contributed by atoms with Crippen LogP contribution in [0.5, 0.6) is 23.0 Å². The molecule has 3 aromatic carbocycles. The van der Waals surface area contributed by atoms with Gasteiger partial charge in [0.2, 0.25) is 5.91 Å². The van der Waals surface area contributed by atoms with Crippen molar-refractivity contribution in [2.24, 2.45) is 0 Å². The van der Waals surface area contributed by atoms with E-state index in [1.165, 1.54) is 36.4 Å². The molecule has 0 radical (unpaired) electrons. The van der Waals surface area contributed by atoms with Crippen LogP contribution in [0.2, 0.25) is 0 Å². The van der Waals surface area contributed by atoms with Crippen molar-refractivity contribution in [2.75, 3.05) is 11.9 Å². The number of anilines is 1. The Morgan fingerprint density at radius 1 is 0.828 bits per heavy atom. The highest BCUT2D eigenvalue weighted by Gasteiger charge is 2.08. The quantitative estimate of drug-likeness (QED) is 0.491. The summed E-state index contributed by atoms with van der Waals surface area (Å²) in [4.78, 5) is 24.1. The lowest BCUT2D eigenvalue weighted by Crippen LogP contribution is -2.27. The first kappa shape index (κ1) is 19.8. The molecule has 0 saturated heterocycles. The Morgan fingerprint density at radius 2 is 1.48 bits per heavy atom. The minimum Gasteiger partial charge on any atom is -0.508 e. The number of rotatable bonds is 7. The van der Waals surface area contributed by atoms with E-state index in [9.17, 15) is 19.8 Å². The second-order valence-corrected chi connectivity index (χ2v) is 6.22. The van der Waals surface area contributed by atoms with Crippen LogP contribution < -0.4 is 15.4 Å². The summed E-state index contributed by atoms with van der Waals surface area (Å²) in [5, 5.41) is 24.0. The van der Waals surface area contributed by atoms with Gasteiger partial charge in [0.1, 0.15) is 23.0 Å². The summed E-state index contributed by atoms with van der Waals surface area (Å²) in [6.45, 7) is 0.176. The first-order valence-electron chi connectivity index (χ1n) is 8.93. The molecule has 0 aliphatic rings. The number of carbonyl (C=O) groups excluding carboxylic acids is 2. The average molecular weight is 392 g/mol. The van der Waals surface area contributed by atoms with Crippen molar-refractivity contribution in [1.82, 2.24) is 5.32 Å². The van der Waals surface area contributed by atoms with Crippen LogP contribution in [0.3, 0.4) is 0 Å². The van der Waals surface area contributed by atoms with Gasteiger partial charge >= 0.3 is 0 Å². The van der Waals surface area contributed by atoms with Gasteiger partial charge in [0, 0.05) is 30.3 Å². The number of carbonyl (C=O) groups is 2. The zero-order chi connectivity index (χ0) is 20.6. The molecule has 7 heteroatoms. The van der Waals surface area contributed by atoms with Crippen LogP contribution in [-0.4, -0.2) is 28.6 Å². The van der Waals surface area contributed by atoms with Gasteiger partial charge in [-0.15, -0.1) is 0 Å². The predicted molar refractivity (Wildman–Crippen MR) is 108 cm³/mol. The summed E-state index contributed by atoms with van der Waals surface area (Å²) < 4.78 is 5.69. The van der Waals surface area contributed by atoms with Crippen LogP contribution in [0.25, 0.3) is 0 Å². The minimum atomic E-state index is -0.318. The predicted octanol–water partition coefficient (Wildman–Crippen LogP) is 3.65. The first-order chi connectivity index (χ1) is 14.0. The van der Waals surface area contributed by atoms with Crippen molar-refractivity contribution in [1.29, 1.82) is 0 Å². The lowest BCUT2D eigenvalue weighted by molar-refractivity contribution is -0.116. The average Bonchev–Trinajstić information content (AvgIpc) is 2.70. The van der Waals surface area contributed by atoms with Gasteiger partial charge in [-0.3, -0.25) is 9.59 Å². The number of aromatic hydroxyl groups is 2. The third-order valence-electron chi connectivity index (χ3n) is 3.96. The van der Waals surface area contributed by atoms with Crippen molar-refractivity contribution >= 4 is 17.5 Å². The number of hydrogen-bond acceptors (Lipinski definition) is 5. The standard InChI is InChI=1S/C22H20N2O5/c25-17-6-4-15(5-7-17)22(28)23-13-12-21(27)24-16-2-1-3-20(14-16)29-19-10-8-18(26)9-11-19/h1-11,14,25-26H,12-13H2,(H,23,28)(H,24,27). The number of benzene rings is 3. The van der Waals surface area contributed by atoms with E-state index in [1.807, 2.05) is 0 Å². The highest BCUT2D eigenvalue weighted by molar-refractivity contribution is 5.95. The molecule has 0 unspecified atom stereocenters. The highest BCUT2D eigenvalue weighted by Crippen LogP contribution is 2.25. The van der Waals surface area contributed by atoms with Crippen molar-refractivity contribution in [2.45, 2.75) is 6.42 Å². The normalized spacial score (nSPS) is 10.2. The highest BCUT2D eigenvalue weighted by atomic mass is 16.5. The molecule has 0 aromatic heterocycles. The maximum absolute atomic E-state index is 12.1. The van der Waals surface area contributed by atoms with E-state index in [0.717, 1.165) is 0 Å².